The smallest absolute Gasteiger partial charge is 0.316 e. The number of carbonyl (C=O) groups is 3. The lowest BCUT2D eigenvalue weighted by Crippen LogP contribution is -2.52. The number of para-hydroxylation sites is 1. The van der Waals surface area contributed by atoms with Gasteiger partial charge in [-0.3, -0.25) is 19.7 Å². The summed E-state index contributed by atoms with van der Waals surface area (Å²) in [5.41, 5.74) is 6.07. The van der Waals surface area contributed by atoms with Crippen molar-refractivity contribution < 1.29 is 14.4 Å². The Morgan fingerprint density at radius 2 is 1.80 bits per heavy atom. The van der Waals surface area contributed by atoms with Crippen molar-refractivity contribution in [2.45, 2.75) is 0 Å². The molecule has 1 aliphatic rings. The van der Waals surface area contributed by atoms with Crippen LogP contribution in [0.1, 0.15) is 10.4 Å². The summed E-state index contributed by atoms with van der Waals surface area (Å²) in [6.45, 7) is 2.18. The van der Waals surface area contributed by atoms with Gasteiger partial charge in [-0.15, -0.1) is 0 Å². The van der Waals surface area contributed by atoms with E-state index in [1.54, 1.807) is 18.2 Å². The van der Waals surface area contributed by atoms with E-state index in [2.05, 4.69) is 10.6 Å². The second kappa shape index (κ2) is 6.16. The average Bonchev–Trinajstić information content (AvgIpc) is 2.47. The number of nitrogens with one attached hydrogen (secondary N) is 2. The molecular weight excluding hydrogens is 260 g/mol. The zero-order valence-electron chi connectivity index (χ0n) is 10.9. The topological polar surface area (TPSA) is 105 Å². The number of hydrogen-bond donors (Lipinski definition) is 3. The Morgan fingerprint density at radius 3 is 2.45 bits per heavy atom. The number of benzene rings is 1. The number of nitrogens with two attached hydrogens (primary N) is 1. The minimum absolute atomic E-state index is 0.175. The number of piperazine rings is 1. The molecule has 20 heavy (non-hydrogen) atoms. The second-order valence-corrected chi connectivity index (χ2v) is 4.41. The lowest BCUT2D eigenvalue weighted by Gasteiger charge is -2.26. The van der Waals surface area contributed by atoms with E-state index in [-0.39, 0.29) is 11.3 Å². The van der Waals surface area contributed by atoms with Crippen molar-refractivity contribution in [1.82, 2.24) is 15.5 Å². The van der Waals surface area contributed by atoms with Crippen molar-refractivity contribution in [3.8, 4) is 0 Å². The summed E-state index contributed by atoms with van der Waals surface area (Å²) in [6, 6.07) is 6.36. The molecule has 0 radical (unpaired) electrons. The Hall–Kier alpha value is -2.41. The van der Waals surface area contributed by atoms with Crippen LogP contribution >= 0.6 is 0 Å². The van der Waals surface area contributed by atoms with E-state index in [1.807, 2.05) is 0 Å². The van der Waals surface area contributed by atoms with Gasteiger partial charge >= 0.3 is 11.8 Å². The molecule has 1 aromatic carbocycles. The largest absolute Gasteiger partial charge is 0.398 e. The average molecular weight is 276 g/mol. The fourth-order valence-corrected chi connectivity index (χ4v) is 1.94. The van der Waals surface area contributed by atoms with Crippen LogP contribution in [-0.2, 0) is 9.59 Å². The van der Waals surface area contributed by atoms with Crippen molar-refractivity contribution in [1.29, 1.82) is 0 Å². The van der Waals surface area contributed by atoms with E-state index in [0.717, 1.165) is 0 Å². The maximum atomic E-state index is 11.9. The standard InChI is InChI=1S/C13H16N4O3/c14-10-4-2-1-3-9(10)11(18)16-12(19)13(20)17-7-5-15-6-8-17/h1-4,15H,5-8,14H2,(H,16,18,19). The van der Waals surface area contributed by atoms with E-state index in [4.69, 9.17) is 5.73 Å². The summed E-state index contributed by atoms with van der Waals surface area (Å²) in [5.74, 6) is -2.30. The van der Waals surface area contributed by atoms with Gasteiger partial charge in [-0.25, -0.2) is 0 Å². The van der Waals surface area contributed by atoms with Gasteiger partial charge in [0.1, 0.15) is 0 Å². The van der Waals surface area contributed by atoms with Gasteiger partial charge in [0.2, 0.25) is 0 Å². The molecule has 0 saturated carbocycles. The first-order valence-corrected chi connectivity index (χ1v) is 6.29. The van der Waals surface area contributed by atoms with Crippen LogP contribution in [0.15, 0.2) is 24.3 Å². The molecule has 0 bridgehead atoms. The molecule has 1 aromatic rings. The molecular formula is C13H16N4O3. The maximum Gasteiger partial charge on any atom is 0.316 e. The minimum Gasteiger partial charge on any atom is -0.398 e. The monoisotopic (exact) mass is 276 g/mol. The predicted octanol–water partition coefficient (Wildman–Crippen LogP) is -1.04. The van der Waals surface area contributed by atoms with Crippen LogP contribution in [-0.4, -0.2) is 48.8 Å². The quantitative estimate of drug-likeness (QED) is 0.449. The molecule has 0 spiro atoms. The molecule has 0 atom stereocenters. The first kappa shape index (κ1) is 14.0. The van der Waals surface area contributed by atoms with Crippen LogP contribution < -0.4 is 16.4 Å². The van der Waals surface area contributed by atoms with Gasteiger partial charge in [0, 0.05) is 31.9 Å². The molecule has 2 rings (SSSR count). The highest BCUT2D eigenvalue weighted by atomic mass is 16.2. The highest BCUT2D eigenvalue weighted by Gasteiger charge is 2.25. The summed E-state index contributed by atoms with van der Waals surface area (Å²) >= 11 is 0. The number of nitrogen functional groups attached to an aromatic ring is 1. The number of hydrogen-bond acceptors (Lipinski definition) is 5. The summed E-state index contributed by atoms with van der Waals surface area (Å²) < 4.78 is 0. The summed E-state index contributed by atoms with van der Waals surface area (Å²) in [7, 11) is 0. The number of anilines is 1. The second-order valence-electron chi connectivity index (χ2n) is 4.41. The lowest BCUT2D eigenvalue weighted by atomic mass is 10.1. The Bertz CT molecular complexity index is 538. The Morgan fingerprint density at radius 1 is 1.15 bits per heavy atom. The van der Waals surface area contributed by atoms with Gasteiger partial charge in [-0.05, 0) is 12.1 Å². The molecule has 7 heteroatoms. The first-order valence-electron chi connectivity index (χ1n) is 6.29. The number of carbonyl (C=O) groups excluding carboxylic acids is 3. The number of imide groups is 1. The molecule has 0 unspecified atom stereocenters. The van der Waals surface area contributed by atoms with Gasteiger partial charge in [-0.2, -0.15) is 0 Å². The van der Waals surface area contributed by atoms with Crippen molar-refractivity contribution in [2.75, 3.05) is 31.9 Å². The highest BCUT2D eigenvalue weighted by molar-refractivity contribution is 6.38. The fraction of sp³-hybridized carbons (Fsp3) is 0.308. The maximum absolute atomic E-state index is 11.9. The molecule has 1 saturated heterocycles. The molecule has 4 N–H and O–H groups in total. The predicted molar refractivity (Wildman–Crippen MR) is 72.8 cm³/mol. The summed E-state index contributed by atoms with van der Waals surface area (Å²) in [4.78, 5) is 36.9. The number of amides is 3. The normalized spacial score (nSPS) is 14.7. The highest BCUT2D eigenvalue weighted by Crippen LogP contribution is 2.09. The van der Waals surface area contributed by atoms with Crippen LogP contribution in [0, 0.1) is 0 Å². The van der Waals surface area contributed by atoms with Crippen LogP contribution in [0.5, 0.6) is 0 Å². The summed E-state index contributed by atoms with van der Waals surface area (Å²) in [5, 5.41) is 5.14. The number of nitrogens with zero attached hydrogens (tertiary/aromatic N) is 1. The van der Waals surface area contributed by atoms with Crippen LogP contribution in [0.25, 0.3) is 0 Å². The van der Waals surface area contributed by atoms with Gasteiger partial charge < -0.3 is 16.0 Å². The van der Waals surface area contributed by atoms with E-state index >= 15 is 0 Å². The Labute approximate surface area is 116 Å². The van der Waals surface area contributed by atoms with E-state index in [9.17, 15) is 14.4 Å². The molecule has 106 valence electrons. The molecule has 0 aliphatic carbocycles. The molecule has 1 aliphatic heterocycles. The Kier molecular flexibility index (Phi) is 4.31. The molecule has 7 nitrogen and oxygen atoms in total. The van der Waals surface area contributed by atoms with Crippen LogP contribution in [0.4, 0.5) is 5.69 Å². The fourth-order valence-electron chi connectivity index (χ4n) is 1.94. The zero-order chi connectivity index (χ0) is 14.5. The van der Waals surface area contributed by atoms with Gasteiger partial charge in [0.15, 0.2) is 0 Å². The minimum atomic E-state index is -0.930. The van der Waals surface area contributed by atoms with Gasteiger partial charge in [-0.1, -0.05) is 12.1 Å². The third-order valence-electron chi connectivity index (χ3n) is 3.03. The lowest BCUT2D eigenvalue weighted by molar-refractivity contribution is -0.145. The molecule has 1 heterocycles. The third-order valence-corrected chi connectivity index (χ3v) is 3.03. The zero-order valence-corrected chi connectivity index (χ0v) is 10.9. The Balaban J connectivity index is 1.99. The van der Waals surface area contributed by atoms with E-state index in [0.29, 0.717) is 26.2 Å². The third kappa shape index (κ3) is 3.12. The van der Waals surface area contributed by atoms with Crippen molar-refractivity contribution in [3.05, 3.63) is 29.8 Å². The van der Waals surface area contributed by atoms with Crippen LogP contribution in [0.3, 0.4) is 0 Å². The SMILES string of the molecule is Nc1ccccc1C(=O)NC(=O)C(=O)N1CCNCC1. The van der Waals surface area contributed by atoms with Gasteiger partial charge in [0.25, 0.3) is 5.91 Å². The van der Waals surface area contributed by atoms with Crippen molar-refractivity contribution in [3.63, 3.8) is 0 Å². The van der Waals surface area contributed by atoms with Crippen molar-refractivity contribution in [2.24, 2.45) is 0 Å². The summed E-state index contributed by atoms with van der Waals surface area (Å²) in [6.07, 6.45) is 0. The first-order chi connectivity index (χ1) is 9.59. The molecule has 3 amide bonds. The van der Waals surface area contributed by atoms with E-state index < -0.39 is 17.7 Å². The molecule has 1 fully saturated rings. The number of rotatable bonds is 1. The van der Waals surface area contributed by atoms with Crippen LogP contribution in [0.2, 0.25) is 0 Å². The van der Waals surface area contributed by atoms with E-state index in [1.165, 1.54) is 11.0 Å². The van der Waals surface area contributed by atoms with Crippen molar-refractivity contribution >= 4 is 23.4 Å². The molecule has 0 aromatic heterocycles. The van der Waals surface area contributed by atoms with Gasteiger partial charge in [0.05, 0.1) is 5.56 Å².